The summed E-state index contributed by atoms with van der Waals surface area (Å²) < 4.78 is 0. The van der Waals surface area contributed by atoms with Gasteiger partial charge in [-0.2, -0.15) is 0 Å². The molecule has 19 heavy (non-hydrogen) atoms. The summed E-state index contributed by atoms with van der Waals surface area (Å²) in [6, 6.07) is 7.15. The minimum atomic E-state index is -0.0438. The quantitative estimate of drug-likeness (QED) is 0.831. The average molecular weight is 276 g/mol. The van der Waals surface area contributed by atoms with Crippen LogP contribution in [-0.2, 0) is 0 Å². The molecule has 0 radical (unpaired) electrons. The van der Waals surface area contributed by atoms with Gasteiger partial charge < -0.3 is 11.1 Å². The van der Waals surface area contributed by atoms with Crippen molar-refractivity contribution in [3.8, 4) is 0 Å². The van der Waals surface area contributed by atoms with Crippen LogP contribution in [-0.4, -0.2) is 17.4 Å². The minimum absolute atomic E-state index is 0.0438. The number of rotatable bonds is 4. The zero-order chi connectivity index (χ0) is 13.8. The van der Waals surface area contributed by atoms with Gasteiger partial charge in [0, 0.05) is 17.7 Å². The maximum atomic E-state index is 12.1. The fourth-order valence-electron chi connectivity index (χ4n) is 2.66. The second-order valence-electron chi connectivity index (χ2n) is 5.44. The van der Waals surface area contributed by atoms with E-state index in [1.165, 1.54) is 19.3 Å². The van der Waals surface area contributed by atoms with E-state index in [0.717, 1.165) is 18.0 Å². The molecule has 1 aromatic carbocycles. The lowest BCUT2D eigenvalue weighted by atomic mass is 10.1. The first-order chi connectivity index (χ1) is 9.06. The Morgan fingerprint density at radius 3 is 2.79 bits per heavy atom. The number of nitrogens with one attached hydrogen (secondary N) is 1. The zero-order valence-electron chi connectivity index (χ0n) is 11.2. The number of carbonyl (C=O) groups excluding carboxylic acids is 1. The molecule has 0 aromatic heterocycles. The lowest BCUT2D eigenvalue weighted by molar-refractivity contribution is 0.0947. The normalized spacial score (nSPS) is 22.2. The Morgan fingerprint density at radius 2 is 2.16 bits per heavy atom. The Hall–Kier alpha value is -1.42. The summed E-state index contributed by atoms with van der Waals surface area (Å²) in [4.78, 5) is 12.4. The van der Waals surface area contributed by atoms with E-state index < -0.39 is 0 Å². The SMILES string of the molecule is CC1CCC(CNC(=O)c2cccc(C(N)=S)c2)C1. The number of benzene rings is 1. The third kappa shape index (κ3) is 3.77. The van der Waals surface area contributed by atoms with Crippen molar-refractivity contribution >= 4 is 23.1 Å². The summed E-state index contributed by atoms with van der Waals surface area (Å²) in [7, 11) is 0. The van der Waals surface area contributed by atoms with E-state index in [1.54, 1.807) is 18.2 Å². The minimum Gasteiger partial charge on any atom is -0.389 e. The molecule has 1 aliphatic carbocycles. The highest BCUT2D eigenvalue weighted by Crippen LogP contribution is 2.29. The van der Waals surface area contributed by atoms with Gasteiger partial charge in [0.2, 0.25) is 0 Å². The van der Waals surface area contributed by atoms with Crippen LogP contribution in [0.25, 0.3) is 0 Å². The predicted molar refractivity (Wildman–Crippen MR) is 81.2 cm³/mol. The number of nitrogens with two attached hydrogens (primary N) is 1. The first-order valence-electron chi connectivity index (χ1n) is 6.74. The monoisotopic (exact) mass is 276 g/mol. The number of hydrogen-bond acceptors (Lipinski definition) is 2. The first kappa shape index (κ1) is 14.0. The zero-order valence-corrected chi connectivity index (χ0v) is 12.0. The second-order valence-corrected chi connectivity index (χ2v) is 5.88. The van der Waals surface area contributed by atoms with Crippen molar-refractivity contribution in [1.82, 2.24) is 5.32 Å². The van der Waals surface area contributed by atoms with Crippen LogP contribution in [0.2, 0.25) is 0 Å². The fourth-order valence-corrected chi connectivity index (χ4v) is 2.79. The third-order valence-electron chi connectivity index (χ3n) is 3.76. The summed E-state index contributed by atoms with van der Waals surface area (Å²) in [6.07, 6.45) is 3.71. The van der Waals surface area contributed by atoms with Crippen molar-refractivity contribution in [2.24, 2.45) is 17.6 Å². The van der Waals surface area contributed by atoms with Gasteiger partial charge in [-0.05, 0) is 36.8 Å². The van der Waals surface area contributed by atoms with Crippen molar-refractivity contribution in [1.29, 1.82) is 0 Å². The molecule has 102 valence electrons. The fraction of sp³-hybridized carbons (Fsp3) is 0.467. The topological polar surface area (TPSA) is 55.1 Å². The van der Waals surface area contributed by atoms with E-state index >= 15 is 0 Å². The van der Waals surface area contributed by atoms with Crippen LogP contribution in [0, 0.1) is 11.8 Å². The molecule has 0 bridgehead atoms. The molecule has 1 amide bonds. The van der Waals surface area contributed by atoms with Crippen LogP contribution in [0.4, 0.5) is 0 Å². The smallest absolute Gasteiger partial charge is 0.251 e. The maximum absolute atomic E-state index is 12.1. The Balaban J connectivity index is 1.92. The molecule has 1 fully saturated rings. The van der Waals surface area contributed by atoms with E-state index in [9.17, 15) is 4.79 Å². The van der Waals surface area contributed by atoms with Gasteiger partial charge in [-0.25, -0.2) is 0 Å². The molecule has 2 rings (SSSR count). The van der Waals surface area contributed by atoms with Crippen LogP contribution in [0.15, 0.2) is 24.3 Å². The van der Waals surface area contributed by atoms with E-state index in [0.29, 0.717) is 16.5 Å². The molecule has 0 aliphatic heterocycles. The summed E-state index contributed by atoms with van der Waals surface area (Å²) in [6.45, 7) is 3.04. The Bertz CT molecular complexity index is 487. The summed E-state index contributed by atoms with van der Waals surface area (Å²) in [5, 5.41) is 3.00. The van der Waals surface area contributed by atoms with Crippen LogP contribution < -0.4 is 11.1 Å². The van der Waals surface area contributed by atoms with Crippen LogP contribution in [0.1, 0.15) is 42.1 Å². The Labute approximate surface area is 119 Å². The summed E-state index contributed by atoms with van der Waals surface area (Å²) in [5.41, 5.74) is 6.93. The van der Waals surface area contributed by atoms with Gasteiger partial charge in [0.25, 0.3) is 5.91 Å². The molecule has 1 aliphatic rings. The van der Waals surface area contributed by atoms with Crippen molar-refractivity contribution in [3.05, 3.63) is 35.4 Å². The molecule has 2 atom stereocenters. The van der Waals surface area contributed by atoms with E-state index in [2.05, 4.69) is 12.2 Å². The highest BCUT2D eigenvalue weighted by Gasteiger charge is 2.21. The lowest BCUT2D eigenvalue weighted by Gasteiger charge is -2.11. The average Bonchev–Trinajstić information content (AvgIpc) is 2.82. The van der Waals surface area contributed by atoms with Crippen molar-refractivity contribution in [2.45, 2.75) is 26.2 Å². The van der Waals surface area contributed by atoms with Gasteiger partial charge in [0.05, 0.1) is 0 Å². The van der Waals surface area contributed by atoms with Crippen LogP contribution in [0.3, 0.4) is 0 Å². The molecule has 1 saturated carbocycles. The molecule has 1 aromatic rings. The second kappa shape index (κ2) is 6.15. The van der Waals surface area contributed by atoms with Gasteiger partial charge in [-0.3, -0.25) is 4.79 Å². The molecule has 3 nitrogen and oxygen atoms in total. The molecule has 3 N–H and O–H groups in total. The van der Waals surface area contributed by atoms with Crippen molar-refractivity contribution < 1.29 is 4.79 Å². The molecule has 0 spiro atoms. The maximum Gasteiger partial charge on any atom is 0.251 e. The van der Waals surface area contributed by atoms with Gasteiger partial charge in [0.15, 0.2) is 0 Å². The molecule has 0 saturated heterocycles. The summed E-state index contributed by atoms with van der Waals surface area (Å²) in [5.74, 6) is 1.37. The molecule has 4 heteroatoms. The molecule has 0 heterocycles. The Morgan fingerprint density at radius 1 is 1.42 bits per heavy atom. The number of amides is 1. The molecular formula is C15H20N2OS. The number of thiocarbonyl (C=S) groups is 1. The van der Waals surface area contributed by atoms with E-state index in [1.807, 2.05) is 6.07 Å². The van der Waals surface area contributed by atoms with Crippen molar-refractivity contribution in [2.75, 3.05) is 6.54 Å². The molecular weight excluding hydrogens is 256 g/mol. The largest absolute Gasteiger partial charge is 0.389 e. The highest BCUT2D eigenvalue weighted by molar-refractivity contribution is 7.80. The van der Waals surface area contributed by atoms with E-state index in [-0.39, 0.29) is 5.91 Å². The van der Waals surface area contributed by atoms with E-state index in [4.69, 9.17) is 18.0 Å². The van der Waals surface area contributed by atoms with Crippen LogP contribution in [0.5, 0.6) is 0 Å². The van der Waals surface area contributed by atoms with Gasteiger partial charge in [-0.15, -0.1) is 0 Å². The lowest BCUT2D eigenvalue weighted by Crippen LogP contribution is -2.28. The highest BCUT2D eigenvalue weighted by atomic mass is 32.1. The van der Waals surface area contributed by atoms with Gasteiger partial charge in [0.1, 0.15) is 4.99 Å². The number of carbonyl (C=O) groups is 1. The summed E-state index contributed by atoms with van der Waals surface area (Å²) >= 11 is 4.92. The van der Waals surface area contributed by atoms with Gasteiger partial charge in [-0.1, -0.05) is 37.7 Å². The predicted octanol–water partition coefficient (Wildman–Crippen LogP) is 2.49. The molecule has 2 unspecified atom stereocenters. The number of hydrogen-bond donors (Lipinski definition) is 2. The standard InChI is InChI=1S/C15H20N2OS/c1-10-5-6-11(7-10)9-17-15(18)13-4-2-3-12(8-13)14(16)19/h2-4,8,10-11H,5-7,9H2,1H3,(H2,16,19)(H,17,18). The van der Waals surface area contributed by atoms with Crippen molar-refractivity contribution in [3.63, 3.8) is 0 Å². The Kier molecular flexibility index (Phi) is 4.53. The third-order valence-corrected chi connectivity index (χ3v) is 4.00. The van der Waals surface area contributed by atoms with Gasteiger partial charge >= 0.3 is 0 Å². The first-order valence-corrected chi connectivity index (χ1v) is 7.15. The van der Waals surface area contributed by atoms with Crippen LogP contribution >= 0.6 is 12.2 Å².